The number of hydrogen-bond donors (Lipinski definition) is 4. The van der Waals surface area contributed by atoms with Gasteiger partial charge in [0.1, 0.15) is 16.8 Å². The SMILES string of the molecule is CCOC(=O)CC[C@H](Nc1sc(CCCSc2c(N)nc(N)[nH]c2=O)cc1C)C(=O)OCC. The molecule has 0 fully saturated rings. The molecule has 0 saturated carbocycles. The van der Waals surface area contributed by atoms with E-state index in [1.807, 2.05) is 6.92 Å². The number of thiophene rings is 1. The van der Waals surface area contributed by atoms with Crippen molar-refractivity contribution in [1.82, 2.24) is 9.97 Å². The van der Waals surface area contributed by atoms with Crippen molar-refractivity contribution in [2.45, 2.75) is 57.4 Å². The zero-order valence-corrected chi connectivity index (χ0v) is 20.7. The summed E-state index contributed by atoms with van der Waals surface area (Å²) in [5.74, 6) is 0.0774. The number of thioether (sulfide) groups is 1. The molecule has 2 aromatic rings. The third kappa shape index (κ3) is 8.28. The number of hydrogen-bond acceptors (Lipinski definition) is 11. The minimum Gasteiger partial charge on any atom is -0.466 e. The quantitative estimate of drug-likeness (QED) is 0.184. The fourth-order valence-corrected chi connectivity index (χ4v) is 5.05. The second kappa shape index (κ2) is 13.1. The molecule has 0 amide bonds. The Balaban J connectivity index is 1.94. The van der Waals surface area contributed by atoms with Gasteiger partial charge in [-0.15, -0.1) is 23.1 Å². The molecule has 0 bridgehead atoms. The lowest BCUT2D eigenvalue weighted by Gasteiger charge is -2.17. The maximum Gasteiger partial charge on any atom is 0.328 e. The molecule has 182 valence electrons. The van der Waals surface area contributed by atoms with E-state index in [0.29, 0.717) is 17.3 Å². The molecule has 10 nitrogen and oxygen atoms in total. The second-order valence-electron chi connectivity index (χ2n) is 7.14. The predicted molar refractivity (Wildman–Crippen MR) is 132 cm³/mol. The van der Waals surface area contributed by atoms with Crippen LogP contribution in [-0.2, 0) is 25.5 Å². The topological polar surface area (TPSA) is 162 Å². The van der Waals surface area contributed by atoms with E-state index in [-0.39, 0.29) is 42.7 Å². The molecule has 0 saturated heterocycles. The maximum atomic E-state index is 12.4. The summed E-state index contributed by atoms with van der Waals surface area (Å²) < 4.78 is 10.1. The van der Waals surface area contributed by atoms with Gasteiger partial charge in [0, 0.05) is 11.3 Å². The first-order valence-electron chi connectivity index (χ1n) is 10.7. The van der Waals surface area contributed by atoms with Crippen LogP contribution in [0.25, 0.3) is 0 Å². The highest BCUT2D eigenvalue weighted by Gasteiger charge is 2.23. The van der Waals surface area contributed by atoms with Crippen molar-refractivity contribution >= 4 is 51.8 Å². The number of nitrogens with zero attached hydrogens (tertiary/aromatic N) is 1. The fourth-order valence-electron chi connectivity index (χ4n) is 3.02. The van der Waals surface area contributed by atoms with Crippen LogP contribution in [0.5, 0.6) is 0 Å². The third-order valence-corrected chi connectivity index (χ3v) is 6.93. The van der Waals surface area contributed by atoms with Crippen molar-refractivity contribution in [3.63, 3.8) is 0 Å². The van der Waals surface area contributed by atoms with Gasteiger partial charge in [0.2, 0.25) is 5.95 Å². The number of ether oxygens (including phenoxy) is 2. The zero-order chi connectivity index (χ0) is 24.4. The molecule has 2 rings (SSSR count). The molecule has 2 aromatic heterocycles. The van der Waals surface area contributed by atoms with Crippen molar-refractivity contribution in [3.8, 4) is 0 Å². The average molecular weight is 498 g/mol. The second-order valence-corrected chi connectivity index (χ2v) is 9.38. The number of anilines is 3. The molecule has 2 heterocycles. The largest absolute Gasteiger partial charge is 0.466 e. The third-order valence-electron chi connectivity index (χ3n) is 4.52. The predicted octanol–water partition coefficient (Wildman–Crippen LogP) is 2.72. The van der Waals surface area contributed by atoms with Gasteiger partial charge in [-0.2, -0.15) is 4.98 Å². The summed E-state index contributed by atoms with van der Waals surface area (Å²) >= 11 is 2.90. The Hall–Kier alpha value is -2.73. The van der Waals surface area contributed by atoms with Gasteiger partial charge in [-0.05, 0) is 57.4 Å². The Morgan fingerprint density at radius 3 is 2.67 bits per heavy atom. The molecule has 12 heteroatoms. The van der Waals surface area contributed by atoms with Crippen molar-refractivity contribution in [3.05, 3.63) is 26.9 Å². The first-order chi connectivity index (χ1) is 15.7. The lowest BCUT2D eigenvalue weighted by Crippen LogP contribution is -2.32. The van der Waals surface area contributed by atoms with E-state index in [4.69, 9.17) is 20.9 Å². The number of carbonyl (C=O) groups excluding carboxylic acids is 2. The number of rotatable bonds is 13. The first kappa shape index (κ1) is 26.5. The average Bonchev–Trinajstić information content (AvgIpc) is 3.09. The van der Waals surface area contributed by atoms with E-state index in [9.17, 15) is 14.4 Å². The van der Waals surface area contributed by atoms with Gasteiger partial charge in [0.15, 0.2) is 0 Å². The summed E-state index contributed by atoms with van der Waals surface area (Å²) in [6, 6.07) is 1.43. The Morgan fingerprint density at radius 1 is 1.27 bits per heavy atom. The number of aryl methyl sites for hydroxylation is 2. The highest BCUT2D eigenvalue weighted by molar-refractivity contribution is 7.99. The molecule has 0 unspecified atom stereocenters. The summed E-state index contributed by atoms with van der Waals surface area (Å²) in [6.45, 7) is 6.02. The molecule has 0 spiro atoms. The summed E-state index contributed by atoms with van der Waals surface area (Å²) in [5, 5.41) is 4.10. The van der Waals surface area contributed by atoms with Gasteiger partial charge in [0.25, 0.3) is 5.56 Å². The fraction of sp³-hybridized carbons (Fsp3) is 0.524. The number of nitrogens with one attached hydrogen (secondary N) is 2. The number of nitrogens with two attached hydrogens (primary N) is 2. The molecule has 33 heavy (non-hydrogen) atoms. The van der Waals surface area contributed by atoms with Gasteiger partial charge >= 0.3 is 11.9 Å². The van der Waals surface area contributed by atoms with Gasteiger partial charge in [-0.3, -0.25) is 14.6 Å². The number of aromatic amines is 1. The molecule has 0 aromatic carbocycles. The van der Waals surface area contributed by atoms with Gasteiger partial charge < -0.3 is 26.3 Å². The number of esters is 2. The molecule has 0 aliphatic carbocycles. The lowest BCUT2D eigenvalue weighted by atomic mass is 10.1. The molecular formula is C21H31N5O5S2. The molecule has 0 aliphatic rings. The van der Waals surface area contributed by atoms with Crippen LogP contribution in [-0.4, -0.2) is 46.9 Å². The Labute approximate surface area is 200 Å². The van der Waals surface area contributed by atoms with Gasteiger partial charge in [-0.1, -0.05) is 0 Å². The summed E-state index contributed by atoms with van der Waals surface area (Å²) in [7, 11) is 0. The highest BCUT2D eigenvalue weighted by atomic mass is 32.2. The van der Waals surface area contributed by atoms with E-state index in [2.05, 4.69) is 21.4 Å². The molecular weight excluding hydrogens is 466 g/mol. The molecule has 6 N–H and O–H groups in total. The number of carbonyl (C=O) groups is 2. The molecule has 0 aliphatic heterocycles. The van der Waals surface area contributed by atoms with Crippen LogP contribution in [0, 0.1) is 6.92 Å². The smallest absolute Gasteiger partial charge is 0.328 e. The van der Waals surface area contributed by atoms with Crippen LogP contribution in [0.1, 0.15) is 43.6 Å². The zero-order valence-electron chi connectivity index (χ0n) is 19.1. The van der Waals surface area contributed by atoms with Crippen molar-refractivity contribution in [2.24, 2.45) is 0 Å². The maximum absolute atomic E-state index is 12.4. The van der Waals surface area contributed by atoms with Crippen LogP contribution in [0.15, 0.2) is 15.8 Å². The van der Waals surface area contributed by atoms with E-state index in [1.165, 1.54) is 11.8 Å². The Morgan fingerprint density at radius 2 is 2.00 bits per heavy atom. The van der Waals surface area contributed by atoms with Crippen molar-refractivity contribution in [1.29, 1.82) is 0 Å². The van der Waals surface area contributed by atoms with Crippen LogP contribution in [0.2, 0.25) is 0 Å². The lowest BCUT2D eigenvalue weighted by molar-refractivity contribution is -0.145. The van der Waals surface area contributed by atoms with E-state index >= 15 is 0 Å². The molecule has 1 atom stereocenters. The van der Waals surface area contributed by atoms with Crippen molar-refractivity contribution in [2.75, 3.05) is 35.8 Å². The number of H-pyrrole nitrogens is 1. The van der Waals surface area contributed by atoms with Crippen LogP contribution < -0.4 is 22.3 Å². The van der Waals surface area contributed by atoms with E-state index < -0.39 is 12.0 Å². The Bertz CT molecular complexity index is 1010. The summed E-state index contributed by atoms with van der Waals surface area (Å²) in [5.41, 5.74) is 11.9. The van der Waals surface area contributed by atoms with E-state index in [1.54, 1.807) is 25.2 Å². The number of aromatic nitrogens is 2. The highest BCUT2D eigenvalue weighted by Crippen LogP contribution is 2.30. The monoisotopic (exact) mass is 497 g/mol. The van der Waals surface area contributed by atoms with Crippen LogP contribution >= 0.6 is 23.1 Å². The minimum atomic E-state index is -0.636. The normalized spacial score (nSPS) is 11.7. The van der Waals surface area contributed by atoms with Crippen molar-refractivity contribution < 1.29 is 19.1 Å². The van der Waals surface area contributed by atoms with E-state index in [0.717, 1.165) is 28.3 Å². The first-order valence-corrected chi connectivity index (χ1v) is 12.5. The Kier molecular flexibility index (Phi) is 10.5. The standard InChI is InChI=1S/C21H31N5O5S2/c1-4-30-15(27)9-8-14(20(29)31-5-2)24-19-12(3)11-13(33-19)7-6-10-32-16-17(22)25-21(23)26-18(16)28/h11,14,24H,4-10H2,1-3H3,(H5,22,23,25,26,28)/t14-/m0/s1. The summed E-state index contributed by atoms with van der Waals surface area (Å²) in [4.78, 5) is 43.9. The van der Waals surface area contributed by atoms with Gasteiger partial charge in [-0.25, -0.2) is 4.79 Å². The number of nitrogen functional groups attached to an aromatic ring is 2. The van der Waals surface area contributed by atoms with Gasteiger partial charge in [0.05, 0.1) is 18.2 Å². The van der Waals surface area contributed by atoms with Crippen LogP contribution in [0.4, 0.5) is 16.8 Å². The summed E-state index contributed by atoms with van der Waals surface area (Å²) in [6.07, 6.45) is 2.03. The molecule has 0 radical (unpaired) electrons. The van der Waals surface area contributed by atoms with Crippen LogP contribution in [0.3, 0.4) is 0 Å². The minimum absolute atomic E-state index is 0.000631.